The Hall–Kier alpha value is -1.14. The molecule has 0 radical (unpaired) electrons. The molecular weight excluding hydrogens is 288 g/mol. The second kappa shape index (κ2) is 4.80. The van der Waals surface area contributed by atoms with Crippen LogP contribution in [0.1, 0.15) is 10.6 Å². The van der Waals surface area contributed by atoms with E-state index in [4.69, 9.17) is 5.73 Å². The molecule has 84 valence electrons. The van der Waals surface area contributed by atoms with Crippen molar-refractivity contribution in [2.24, 2.45) is 0 Å². The minimum atomic E-state index is 0.636. The maximum absolute atomic E-state index is 5.83. The maximum Gasteiger partial charge on any atom is 0.149 e. The zero-order chi connectivity index (χ0) is 11.5. The lowest BCUT2D eigenvalue weighted by molar-refractivity contribution is 1.10. The van der Waals surface area contributed by atoms with Crippen LogP contribution in [0, 0.1) is 6.92 Å². The highest BCUT2D eigenvalue weighted by molar-refractivity contribution is 9.10. The monoisotopic (exact) mass is 298 g/mol. The number of nitrogens with one attached hydrogen (secondary N) is 1. The van der Waals surface area contributed by atoms with E-state index in [0.717, 1.165) is 10.2 Å². The fourth-order valence-corrected chi connectivity index (χ4v) is 2.33. The van der Waals surface area contributed by atoms with E-state index in [2.05, 4.69) is 31.2 Å². The molecule has 0 aliphatic rings. The lowest BCUT2D eigenvalue weighted by Gasteiger charge is -2.07. The number of aromatic nitrogens is 2. The highest BCUT2D eigenvalue weighted by Crippen LogP contribution is 2.21. The number of aryl methyl sites for hydroxylation is 1. The normalized spacial score (nSPS) is 10.4. The van der Waals surface area contributed by atoms with Crippen LogP contribution in [0.3, 0.4) is 0 Å². The number of nitrogen functional groups attached to an aromatic ring is 1. The molecule has 16 heavy (non-hydrogen) atoms. The molecule has 0 aliphatic heterocycles. The van der Waals surface area contributed by atoms with Crippen molar-refractivity contribution in [1.82, 2.24) is 9.97 Å². The van der Waals surface area contributed by atoms with Crippen molar-refractivity contribution in [3.63, 3.8) is 0 Å². The molecule has 0 saturated carbocycles. The lowest BCUT2D eigenvalue weighted by atomic mass is 10.3. The van der Waals surface area contributed by atoms with Gasteiger partial charge in [0.05, 0.1) is 23.4 Å². The van der Waals surface area contributed by atoms with Crippen LogP contribution in [0.25, 0.3) is 0 Å². The molecule has 2 heterocycles. The van der Waals surface area contributed by atoms with Gasteiger partial charge in [-0.15, -0.1) is 11.3 Å². The van der Waals surface area contributed by atoms with Crippen molar-refractivity contribution >= 4 is 38.8 Å². The Kier molecular flexibility index (Phi) is 3.40. The number of thiazole rings is 1. The first-order valence-corrected chi connectivity index (χ1v) is 6.38. The number of anilines is 2. The molecule has 0 aliphatic carbocycles. The minimum absolute atomic E-state index is 0.636. The molecule has 0 unspecified atom stereocenters. The Balaban J connectivity index is 2.08. The molecule has 0 amide bonds. The molecule has 4 nitrogen and oxygen atoms in total. The Morgan fingerprint density at radius 1 is 1.50 bits per heavy atom. The van der Waals surface area contributed by atoms with E-state index in [1.54, 1.807) is 17.5 Å². The first-order valence-electron chi connectivity index (χ1n) is 4.70. The molecule has 2 aromatic heterocycles. The summed E-state index contributed by atoms with van der Waals surface area (Å²) in [5.74, 6) is 0.705. The summed E-state index contributed by atoms with van der Waals surface area (Å²) < 4.78 is 0.879. The number of hydrogen-bond acceptors (Lipinski definition) is 5. The van der Waals surface area contributed by atoms with Crippen LogP contribution in [-0.4, -0.2) is 9.97 Å². The van der Waals surface area contributed by atoms with Gasteiger partial charge in [0, 0.05) is 15.5 Å². The first-order chi connectivity index (χ1) is 7.66. The van der Waals surface area contributed by atoms with Crippen LogP contribution >= 0.6 is 27.3 Å². The topological polar surface area (TPSA) is 63.8 Å². The van der Waals surface area contributed by atoms with Crippen LogP contribution in [-0.2, 0) is 6.54 Å². The molecule has 0 saturated heterocycles. The van der Waals surface area contributed by atoms with Crippen molar-refractivity contribution in [3.8, 4) is 0 Å². The minimum Gasteiger partial charge on any atom is -0.396 e. The molecule has 0 atom stereocenters. The van der Waals surface area contributed by atoms with Gasteiger partial charge < -0.3 is 11.1 Å². The Labute approximate surface area is 106 Å². The fourth-order valence-electron chi connectivity index (χ4n) is 1.26. The number of rotatable bonds is 3. The van der Waals surface area contributed by atoms with E-state index in [-0.39, 0.29) is 0 Å². The smallest absolute Gasteiger partial charge is 0.149 e. The summed E-state index contributed by atoms with van der Waals surface area (Å²) in [7, 11) is 0. The average Bonchev–Trinajstić information content (AvgIpc) is 2.63. The molecule has 2 rings (SSSR count). The molecule has 3 N–H and O–H groups in total. The van der Waals surface area contributed by atoms with Gasteiger partial charge in [0.25, 0.3) is 0 Å². The molecular formula is C10H11BrN4S. The summed E-state index contributed by atoms with van der Waals surface area (Å²) in [6, 6.07) is 1.83. The molecule has 0 aromatic carbocycles. The van der Waals surface area contributed by atoms with Gasteiger partial charge >= 0.3 is 0 Å². The molecule has 6 heteroatoms. The Bertz CT molecular complexity index is 497. The summed E-state index contributed by atoms with van der Waals surface area (Å²) in [6.07, 6.45) is 1.72. The average molecular weight is 299 g/mol. The predicted octanol–water partition coefficient (Wildman–Crippen LogP) is 2.80. The lowest BCUT2D eigenvalue weighted by Crippen LogP contribution is -2.04. The van der Waals surface area contributed by atoms with Gasteiger partial charge in [-0.3, -0.25) is 0 Å². The van der Waals surface area contributed by atoms with Crippen LogP contribution in [0.5, 0.6) is 0 Å². The number of nitrogens with two attached hydrogens (primary N) is 1. The maximum atomic E-state index is 5.83. The van der Waals surface area contributed by atoms with Gasteiger partial charge in [-0.05, 0) is 28.9 Å². The zero-order valence-electron chi connectivity index (χ0n) is 8.70. The summed E-state index contributed by atoms with van der Waals surface area (Å²) in [4.78, 5) is 9.59. The van der Waals surface area contributed by atoms with E-state index in [1.807, 2.05) is 18.5 Å². The van der Waals surface area contributed by atoms with Crippen molar-refractivity contribution < 1.29 is 0 Å². The van der Waals surface area contributed by atoms with Crippen molar-refractivity contribution in [3.05, 3.63) is 32.8 Å². The van der Waals surface area contributed by atoms with Crippen molar-refractivity contribution in [1.29, 1.82) is 0 Å². The van der Waals surface area contributed by atoms with Crippen LogP contribution in [0.2, 0.25) is 0 Å². The predicted molar refractivity (Wildman–Crippen MR) is 70.5 cm³/mol. The van der Waals surface area contributed by atoms with Gasteiger partial charge in [-0.25, -0.2) is 9.97 Å². The number of nitrogens with zero attached hydrogens (tertiary/aromatic N) is 2. The quantitative estimate of drug-likeness (QED) is 0.914. The van der Waals surface area contributed by atoms with Crippen LogP contribution in [0.4, 0.5) is 11.5 Å². The van der Waals surface area contributed by atoms with E-state index in [9.17, 15) is 0 Å². The zero-order valence-corrected chi connectivity index (χ0v) is 11.1. The summed E-state index contributed by atoms with van der Waals surface area (Å²) in [5.41, 5.74) is 9.35. The summed E-state index contributed by atoms with van der Waals surface area (Å²) in [6.45, 7) is 2.70. The number of hydrogen-bond donors (Lipinski definition) is 2. The molecule has 0 fully saturated rings. The van der Waals surface area contributed by atoms with E-state index in [1.165, 1.54) is 4.88 Å². The third-order valence-corrected chi connectivity index (χ3v) is 3.51. The summed E-state index contributed by atoms with van der Waals surface area (Å²) >= 11 is 4.95. The van der Waals surface area contributed by atoms with Crippen molar-refractivity contribution in [2.75, 3.05) is 11.1 Å². The van der Waals surface area contributed by atoms with E-state index < -0.39 is 0 Å². The van der Waals surface area contributed by atoms with Gasteiger partial charge in [0.2, 0.25) is 0 Å². The Morgan fingerprint density at radius 3 is 2.94 bits per heavy atom. The molecule has 2 aromatic rings. The van der Waals surface area contributed by atoms with Gasteiger partial charge in [-0.1, -0.05) is 0 Å². The second-order valence-electron chi connectivity index (χ2n) is 3.31. The van der Waals surface area contributed by atoms with E-state index >= 15 is 0 Å². The third kappa shape index (κ3) is 2.51. The summed E-state index contributed by atoms with van der Waals surface area (Å²) in [5, 5.41) is 3.20. The Morgan fingerprint density at radius 2 is 2.31 bits per heavy atom. The third-order valence-electron chi connectivity index (χ3n) is 2.15. The SMILES string of the molecule is Cc1ncsc1CNc1ncc(Br)cc1N. The van der Waals surface area contributed by atoms with Crippen LogP contribution in [0.15, 0.2) is 22.2 Å². The fraction of sp³-hybridized carbons (Fsp3) is 0.200. The van der Waals surface area contributed by atoms with E-state index in [0.29, 0.717) is 18.1 Å². The second-order valence-corrected chi connectivity index (χ2v) is 5.16. The van der Waals surface area contributed by atoms with Crippen molar-refractivity contribution in [2.45, 2.75) is 13.5 Å². The standard InChI is InChI=1S/C10H11BrN4S/c1-6-9(16-5-15-6)4-14-10-8(12)2-7(11)3-13-10/h2-3,5H,4,12H2,1H3,(H,13,14). The molecule has 0 spiro atoms. The number of pyridine rings is 1. The highest BCUT2D eigenvalue weighted by Gasteiger charge is 2.04. The number of halogens is 1. The largest absolute Gasteiger partial charge is 0.396 e. The van der Waals surface area contributed by atoms with Gasteiger partial charge in [0.1, 0.15) is 5.82 Å². The molecule has 0 bridgehead atoms. The van der Waals surface area contributed by atoms with Gasteiger partial charge in [-0.2, -0.15) is 0 Å². The first kappa shape index (κ1) is 11.3. The van der Waals surface area contributed by atoms with Gasteiger partial charge in [0.15, 0.2) is 0 Å². The highest BCUT2D eigenvalue weighted by atomic mass is 79.9. The van der Waals surface area contributed by atoms with Crippen LogP contribution < -0.4 is 11.1 Å².